The third kappa shape index (κ3) is 4.36. The Morgan fingerprint density at radius 1 is 0.917 bits per heavy atom. The van der Waals surface area contributed by atoms with Crippen molar-refractivity contribution in [1.29, 1.82) is 0 Å². The fourth-order valence-electron chi connectivity index (χ4n) is 4.79. The van der Waals surface area contributed by atoms with Crippen LogP contribution in [-0.2, 0) is 4.74 Å². The van der Waals surface area contributed by atoms with E-state index in [9.17, 15) is 0 Å². The fraction of sp³-hybridized carbons (Fsp3) is 0.233. The molecule has 3 heterocycles. The minimum absolute atomic E-state index is 0.230. The third-order valence-electron chi connectivity index (χ3n) is 6.78. The number of benzene rings is 3. The highest BCUT2D eigenvalue weighted by atomic mass is 16.5. The van der Waals surface area contributed by atoms with E-state index in [4.69, 9.17) is 14.7 Å². The number of nitrogens with zero attached hydrogens (tertiary/aromatic N) is 4. The normalized spacial score (nSPS) is 15.0. The van der Waals surface area contributed by atoms with Gasteiger partial charge in [0.15, 0.2) is 0 Å². The summed E-state index contributed by atoms with van der Waals surface area (Å²) in [5.74, 6) is 0. The summed E-state index contributed by atoms with van der Waals surface area (Å²) < 4.78 is 7.88. The first-order chi connectivity index (χ1) is 17.7. The van der Waals surface area contributed by atoms with Gasteiger partial charge in [-0.3, -0.25) is 9.98 Å². The monoisotopic (exact) mass is 475 g/mol. The second kappa shape index (κ2) is 9.55. The van der Waals surface area contributed by atoms with Crippen molar-refractivity contribution in [1.82, 2.24) is 14.5 Å². The van der Waals surface area contributed by atoms with Gasteiger partial charge in [-0.25, -0.2) is 4.98 Å². The number of hydrogen-bond donors (Lipinski definition) is 1. The molecular weight excluding hydrogens is 446 g/mol. The topological polar surface area (TPSA) is 64.3 Å². The van der Waals surface area contributed by atoms with Gasteiger partial charge in [0.05, 0.1) is 50.9 Å². The van der Waals surface area contributed by atoms with E-state index in [1.165, 1.54) is 5.56 Å². The van der Waals surface area contributed by atoms with Crippen LogP contribution in [0.5, 0.6) is 0 Å². The van der Waals surface area contributed by atoms with Crippen molar-refractivity contribution >= 4 is 22.4 Å². The number of rotatable bonds is 4. The highest BCUT2D eigenvalue weighted by Crippen LogP contribution is 2.31. The van der Waals surface area contributed by atoms with Crippen LogP contribution in [0.15, 0.2) is 84.0 Å². The lowest BCUT2D eigenvalue weighted by atomic mass is 10.1. The Morgan fingerprint density at radius 3 is 2.53 bits per heavy atom. The van der Waals surface area contributed by atoms with E-state index in [1.54, 1.807) is 0 Å². The van der Waals surface area contributed by atoms with Gasteiger partial charge in [0.1, 0.15) is 0 Å². The lowest BCUT2D eigenvalue weighted by molar-refractivity contribution is 0.0864. The first-order valence-electron chi connectivity index (χ1n) is 12.5. The first kappa shape index (κ1) is 22.4. The van der Waals surface area contributed by atoms with Crippen LogP contribution < -0.4 is 10.7 Å². The number of ether oxygens (including phenoxy) is 1. The van der Waals surface area contributed by atoms with E-state index < -0.39 is 0 Å². The molecule has 0 bridgehead atoms. The molecule has 1 aliphatic carbocycles. The minimum atomic E-state index is 0.230. The maximum atomic E-state index is 5.59. The van der Waals surface area contributed by atoms with E-state index in [1.807, 2.05) is 31.3 Å². The minimum Gasteiger partial charge on any atom is -0.381 e. The highest BCUT2D eigenvalue weighted by Gasteiger charge is 2.18. The Labute approximate surface area is 210 Å². The number of para-hydroxylation sites is 2. The molecule has 0 saturated carbocycles. The molecule has 6 rings (SSSR count). The molecule has 2 aliphatic heterocycles. The summed E-state index contributed by atoms with van der Waals surface area (Å²) >= 11 is 0. The molecule has 3 aliphatic rings. The quantitative estimate of drug-likeness (QED) is 0.326. The molecule has 0 spiro atoms. The van der Waals surface area contributed by atoms with Crippen LogP contribution >= 0.6 is 0 Å². The van der Waals surface area contributed by atoms with Crippen molar-refractivity contribution in [2.75, 3.05) is 18.5 Å². The van der Waals surface area contributed by atoms with Crippen LogP contribution in [0.3, 0.4) is 0 Å². The number of nitrogens with one attached hydrogen (secondary N) is 1. The average Bonchev–Trinajstić information content (AvgIpc) is 2.90. The van der Waals surface area contributed by atoms with Gasteiger partial charge in [0, 0.05) is 25.1 Å². The first-order valence-corrected chi connectivity index (χ1v) is 12.5. The zero-order chi connectivity index (χ0) is 24.5. The highest BCUT2D eigenvalue weighted by molar-refractivity contribution is 5.84. The lowest BCUT2D eigenvalue weighted by Gasteiger charge is -2.22. The predicted octanol–water partition coefficient (Wildman–Crippen LogP) is 5.97. The van der Waals surface area contributed by atoms with E-state index in [0.717, 1.165) is 76.6 Å². The maximum Gasteiger partial charge on any atom is 0.0900 e. The molecule has 1 saturated heterocycles. The lowest BCUT2D eigenvalue weighted by Crippen LogP contribution is -2.23. The van der Waals surface area contributed by atoms with Gasteiger partial charge in [-0.1, -0.05) is 29.8 Å². The predicted molar refractivity (Wildman–Crippen MR) is 144 cm³/mol. The van der Waals surface area contributed by atoms with Gasteiger partial charge in [-0.05, 0) is 75.2 Å². The number of pyridine rings is 1. The van der Waals surface area contributed by atoms with E-state index >= 15 is 0 Å². The van der Waals surface area contributed by atoms with Crippen LogP contribution in [0.2, 0.25) is 0 Å². The van der Waals surface area contributed by atoms with Crippen LogP contribution in [-0.4, -0.2) is 33.8 Å². The summed E-state index contributed by atoms with van der Waals surface area (Å²) in [6.45, 7) is 5.62. The summed E-state index contributed by atoms with van der Waals surface area (Å²) in [5.41, 5.74) is 9.12. The summed E-state index contributed by atoms with van der Waals surface area (Å²) in [7, 11) is 0. The standard InChI is InChI=1S/C30H29N5O/c1-20-9-11-23(12-10-20)35-29-8-4-3-6-25(29)34-28-18-26(33-24-7-5-15-31-21(24)2)27(19-30(28)35)32-22-13-16-36-17-14-22/h3-12,15,18-19,22,33H,13-14,16-17H2,1-2H3. The molecule has 0 amide bonds. The second-order valence-electron chi connectivity index (χ2n) is 9.36. The summed E-state index contributed by atoms with van der Waals surface area (Å²) in [6, 6.07) is 25.5. The molecule has 6 heteroatoms. The van der Waals surface area contributed by atoms with Crippen LogP contribution in [0.4, 0.5) is 11.4 Å². The fourth-order valence-corrected chi connectivity index (χ4v) is 4.79. The molecule has 0 radical (unpaired) electrons. The molecule has 6 nitrogen and oxygen atoms in total. The second-order valence-corrected chi connectivity index (χ2v) is 9.36. The molecule has 1 N–H and O–H groups in total. The Morgan fingerprint density at radius 2 is 1.72 bits per heavy atom. The Kier molecular flexibility index (Phi) is 5.95. The van der Waals surface area contributed by atoms with Crippen molar-refractivity contribution in [3.05, 3.63) is 95.6 Å². The smallest absolute Gasteiger partial charge is 0.0900 e. The Balaban J connectivity index is 1.63. The molecule has 1 aromatic heterocycles. The molecule has 0 atom stereocenters. The van der Waals surface area contributed by atoms with Gasteiger partial charge in [0.25, 0.3) is 0 Å². The number of anilines is 2. The Bertz CT molecular complexity index is 1570. The summed E-state index contributed by atoms with van der Waals surface area (Å²) in [4.78, 5) is 14.7. The molecular formula is C30H29N5O. The zero-order valence-electron chi connectivity index (χ0n) is 20.6. The number of aryl methyl sites for hydroxylation is 2. The van der Waals surface area contributed by atoms with Gasteiger partial charge in [-0.2, -0.15) is 0 Å². The third-order valence-corrected chi connectivity index (χ3v) is 6.78. The van der Waals surface area contributed by atoms with Crippen LogP contribution in [0, 0.1) is 13.8 Å². The molecule has 2 aromatic carbocycles. The molecule has 3 aromatic rings. The molecule has 36 heavy (non-hydrogen) atoms. The van der Waals surface area contributed by atoms with E-state index in [0.29, 0.717) is 0 Å². The number of aromatic nitrogens is 3. The van der Waals surface area contributed by atoms with Gasteiger partial charge in [0.2, 0.25) is 0 Å². The van der Waals surface area contributed by atoms with Gasteiger partial charge in [-0.15, -0.1) is 0 Å². The molecule has 0 unspecified atom stereocenters. The SMILES string of the molecule is Cc1ccc(-n2c3cc(=NC4CCOCC4)c(Nc4cccnc4C)cc-3nc3ccccc32)cc1. The zero-order valence-corrected chi connectivity index (χ0v) is 20.6. The number of fused-ring (bicyclic) bond motifs is 2. The van der Waals surface area contributed by atoms with Crippen LogP contribution in [0.25, 0.3) is 28.1 Å². The van der Waals surface area contributed by atoms with E-state index in [2.05, 4.69) is 76.4 Å². The summed E-state index contributed by atoms with van der Waals surface area (Å²) in [6.07, 6.45) is 3.67. The summed E-state index contributed by atoms with van der Waals surface area (Å²) in [5, 5.41) is 4.53. The van der Waals surface area contributed by atoms with Crippen molar-refractivity contribution in [3.63, 3.8) is 0 Å². The van der Waals surface area contributed by atoms with Crippen molar-refractivity contribution < 1.29 is 4.74 Å². The van der Waals surface area contributed by atoms with Crippen molar-refractivity contribution in [3.8, 4) is 17.1 Å². The average molecular weight is 476 g/mol. The van der Waals surface area contributed by atoms with Crippen molar-refractivity contribution in [2.45, 2.75) is 32.7 Å². The molecule has 1 fully saturated rings. The maximum absolute atomic E-state index is 5.59. The Hall–Kier alpha value is -4.03. The molecule has 180 valence electrons. The van der Waals surface area contributed by atoms with Crippen LogP contribution in [0.1, 0.15) is 24.1 Å². The largest absolute Gasteiger partial charge is 0.381 e. The van der Waals surface area contributed by atoms with E-state index in [-0.39, 0.29) is 6.04 Å². The van der Waals surface area contributed by atoms with Crippen molar-refractivity contribution in [2.24, 2.45) is 4.99 Å². The van der Waals surface area contributed by atoms with Gasteiger partial charge >= 0.3 is 0 Å². The van der Waals surface area contributed by atoms with Gasteiger partial charge < -0.3 is 14.6 Å². The number of hydrogen-bond acceptors (Lipinski definition) is 5.